The van der Waals surface area contributed by atoms with Gasteiger partial charge in [0.2, 0.25) is 5.91 Å². The topological polar surface area (TPSA) is 46.9 Å². The molecule has 2 heterocycles. The minimum absolute atomic E-state index is 0.0585. The van der Waals surface area contributed by atoms with Crippen LogP contribution in [0.25, 0.3) is 0 Å². The van der Waals surface area contributed by atoms with E-state index < -0.39 is 0 Å². The first-order chi connectivity index (χ1) is 8.24. The highest BCUT2D eigenvalue weighted by atomic mass is 79.9. The van der Waals surface area contributed by atoms with Crippen molar-refractivity contribution >= 4 is 33.2 Å². The number of carbonyl (C=O) groups is 1. The summed E-state index contributed by atoms with van der Waals surface area (Å²) in [7, 11) is 0. The molecule has 0 saturated heterocycles. The smallest absolute Gasteiger partial charge is 0.222 e. The molecule has 0 fully saturated rings. The third kappa shape index (κ3) is 3.98. The van der Waals surface area contributed by atoms with Crippen molar-refractivity contribution in [3.8, 4) is 0 Å². The summed E-state index contributed by atoms with van der Waals surface area (Å²) in [6, 6.07) is 2.01. The Morgan fingerprint density at radius 2 is 2.47 bits per heavy atom. The van der Waals surface area contributed by atoms with Crippen molar-refractivity contribution in [2.24, 2.45) is 0 Å². The van der Waals surface area contributed by atoms with Crippen LogP contribution in [0, 0.1) is 0 Å². The summed E-state index contributed by atoms with van der Waals surface area (Å²) in [5, 5.41) is 4.90. The first-order valence-electron chi connectivity index (χ1n) is 5.19. The summed E-state index contributed by atoms with van der Waals surface area (Å²) in [4.78, 5) is 16.6. The summed E-state index contributed by atoms with van der Waals surface area (Å²) in [6.07, 6.45) is 5.75. The van der Waals surface area contributed by atoms with E-state index in [1.807, 2.05) is 22.2 Å². The predicted octanol–water partition coefficient (Wildman–Crippen LogP) is 2.41. The monoisotopic (exact) mass is 313 g/mol. The number of hydrogen-bond donors (Lipinski definition) is 1. The number of nitrogens with one attached hydrogen (secondary N) is 1. The number of thiophene rings is 1. The van der Waals surface area contributed by atoms with Gasteiger partial charge in [-0.1, -0.05) is 0 Å². The van der Waals surface area contributed by atoms with Gasteiger partial charge in [0.1, 0.15) is 0 Å². The molecule has 1 N–H and O–H groups in total. The van der Waals surface area contributed by atoms with Crippen LogP contribution >= 0.6 is 27.3 Å². The number of nitrogens with zero attached hydrogens (tertiary/aromatic N) is 2. The number of rotatable bonds is 5. The second kappa shape index (κ2) is 5.97. The van der Waals surface area contributed by atoms with Crippen LogP contribution in [0.3, 0.4) is 0 Å². The van der Waals surface area contributed by atoms with Gasteiger partial charge in [-0.2, -0.15) is 0 Å². The maximum absolute atomic E-state index is 11.6. The number of hydrogen-bond acceptors (Lipinski definition) is 3. The number of amides is 1. The highest BCUT2D eigenvalue weighted by Gasteiger charge is 2.03. The van der Waals surface area contributed by atoms with E-state index >= 15 is 0 Å². The molecule has 0 aliphatic carbocycles. The van der Waals surface area contributed by atoms with Crippen molar-refractivity contribution in [2.45, 2.75) is 19.5 Å². The van der Waals surface area contributed by atoms with Crippen molar-refractivity contribution in [1.29, 1.82) is 0 Å². The summed E-state index contributed by atoms with van der Waals surface area (Å²) < 4.78 is 2.95. The van der Waals surface area contributed by atoms with E-state index in [4.69, 9.17) is 0 Å². The third-order valence-corrected chi connectivity index (χ3v) is 3.94. The number of carbonyl (C=O) groups excluding carboxylic acids is 1. The van der Waals surface area contributed by atoms with Gasteiger partial charge in [0.25, 0.3) is 0 Å². The Morgan fingerprint density at radius 3 is 3.12 bits per heavy atom. The first kappa shape index (κ1) is 12.3. The van der Waals surface area contributed by atoms with E-state index in [0.29, 0.717) is 19.5 Å². The minimum Gasteiger partial charge on any atom is -0.351 e. The Morgan fingerprint density at radius 1 is 1.59 bits per heavy atom. The molecule has 0 aliphatic rings. The zero-order valence-electron chi connectivity index (χ0n) is 9.10. The van der Waals surface area contributed by atoms with Crippen LogP contribution < -0.4 is 5.32 Å². The van der Waals surface area contributed by atoms with Gasteiger partial charge in [-0.15, -0.1) is 11.3 Å². The Hall–Kier alpha value is -1.14. The molecule has 6 heteroatoms. The molecular formula is C11H12BrN3OS. The molecule has 0 atom stereocenters. The van der Waals surface area contributed by atoms with Gasteiger partial charge in [-0.25, -0.2) is 4.98 Å². The zero-order chi connectivity index (χ0) is 12.1. The van der Waals surface area contributed by atoms with E-state index in [0.717, 1.165) is 9.35 Å². The summed E-state index contributed by atoms with van der Waals surface area (Å²) in [6.45, 7) is 1.26. The minimum atomic E-state index is 0.0585. The maximum atomic E-state index is 11.6. The van der Waals surface area contributed by atoms with Crippen LogP contribution in [0.15, 0.2) is 34.6 Å². The molecule has 0 spiro atoms. The van der Waals surface area contributed by atoms with E-state index in [1.54, 1.807) is 23.9 Å². The highest BCUT2D eigenvalue weighted by molar-refractivity contribution is 9.10. The Labute approximate surface area is 112 Å². The lowest BCUT2D eigenvalue weighted by Crippen LogP contribution is -2.23. The van der Waals surface area contributed by atoms with Crippen molar-refractivity contribution in [2.75, 3.05) is 0 Å². The molecular weight excluding hydrogens is 302 g/mol. The first-order valence-corrected chi connectivity index (χ1v) is 6.86. The number of aryl methyl sites for hydroxylation is 1. The van der Waals surface area contributed by atoms with Crippen LogP contribution in [-0.4, -0.2) is 15.5 Å². The van der Waals surface area contributed by atoms with Gasteiger partial charge in [0.05, 0.1) is 12.9 Å². The average molecular weight is 314 g/mol. The zero-order valence-corrected chi connectivity index (χ0v) is 11.5. The second-order valence-corrected chi connectivity index (χ2v) is 5.47. The molecule has 0 aromatic carbocycles. The molecule has 1 amide bonds. The maximum Gasteiger partial charge on any atom is 0.222 e. The van der Waals surface area contributed by atoms with Gasteiger partial charge < -0.3 is 9.88 Å². The summed E-state index contributed by atoms with van der Waals surface area (Å²) in [5.74, 6) is 0.0585. The molecule has 4 nitrogen and oxygen atoms in total. The molecule has 17 heavy (non-hydrogen) atoms. The number of imidazole rings is 1. The largest absolute Gasteiger partial charge is 0.351 e. The fourth-order valence-corrected chi connectivity index (χ4v) is 2.76. The Bertz CT molecular complexity index is 481. The molecule has 2 aromatic heterocycles. The molecule has 0 unspecified atom stereocenters. The average Bonchev–Trinajstić information content (AvgIpc) is 2.95. The molecule has 0 aliphatic heterocycles. The lowest BCUT2D eigenvalue weighted by molar-refractivity contribution is -0.121. The van der Waals surface area contributed by atoms with Crippen molar-refractivity contribution < 1.29 is 4.79 Å². The van der Waals surface area contributed by atoms with Gasteiger partial charge in [0, 0.05) is 40.1 Å². The predicted molar refractivity (Wildman–Crippen MR) is 70.7 cm³/mol. The fraction of sp³-hybridized carbons (Fsp3) is 0.273. The van der Waals surface area contributed by atoms with Crippen LogP contribution in [0.5, 0.6) is 0 Å². The quantitative estimate of drug-likeness (QED) is 0.921. The number of halogens is 1. The van der Waals surface area contributed by atoms with Crippen LogP contribution in [0.2, 0.25) is 0 Å². The van der Waals surface area contributed by atoms with Crippen LogP contribution in [0.1, 0.15) is 11.3 Å². The standard InChI is InChI=1S/C11H12BrN3OS/c12-9-5-10(17-7-9)6-14-11(16)1-3-15-4-2-13-8-15/h2,4-5,7-8H,1,3,6H2,(H,14,16). The molecule has 2 aromatic rings. The lowest BCUT2D eigenvalue weighted by atomic mass is 10.4. The van der Waals surface area contributed by atoms with Gasteiger partial charge in [-0.3, -0.25) is 4.79 Å². The normalized spacial score (nSPS) is 10.4. The van der Waals surface area contributed by atoms with Crippen LogP contribution in [-0.2, 0) is 17.9 Å². The lowest BCUT2D eigenvalue weighted by Gasteiger charge is -2.04. The van der Waals surface area contributed by atoms with Gasteiger partial charge >= 0.3 is 0 Å². The number of aromatic nitrogens is 2. The third-order valence-electron chi connectivity index (χ3n) is 2.24. The molecule has 0 bridgehead atoms. The molecule has 2 rings (SSSR count). The van der Waals surface area contributed by atoms with Crippen molar-refractivity contribution in [3.05, 3.63) is 39.5 Å². The Balaban J connectivity index is 1.71. The van der Waals surface area contributed by atoms with Crippen LogP contribution in [0.4, 0.5) is 0 Å². The van der Waals surface area contributed by atoms with E-state index in [9.17, 15) is 4.79 Å². The van der Waals surface area contributed by atoms with Crippen molar-refractivity contribution in [3.63, 3.8) is 0 Å². The SMILES string of the molecule is O=C(CCn1ccnc1)NCc1cc(Br)cs1. The Kier molecular flexibility index (Phi) is 4.33. The van der Waals surface area contributed by atoms with E-state index in [-0.39, 0.29) is 5.91 Å². The fourth-order valence-electron chi connectivity index (χ4n) is 1.37. The second-order valence-electron chi connectivity index (χ2n) is 3.56. The highest BCUT2D eigenvalue weighted by Crippen LogP contribution is 2.19. The van der Waals surface area contributed by atoms with E-state index in [1.165, 1.54) is 0 Å². The van der Waals surface area contributed by atoms with E-state index in [2.05, 4.69) is 26.2 Å². The van der Waals surface area contributed by atoms with Gasteiger partial charge in [-0.05, 0) is 22.0 Å². The van der Waals surface area contributed by atoms with Gasteiger partial charge in [0.15, 0.2) is 0 Å². The molecule has 0 saturated carbocycles. The van der Waals surface area contributed by atoms with Crippen molar-refractivity contribution in [1.82, 2.24) is 14.9 Å². The molecule has 90 valence electrons. The summed E-state index contributed by atoms with van der Waals surface area (Å²) >= 11 is 5.01. The molecule has 0 radical (unpaired) electrons. The summed E-state index contributed by atoms with van der Waals surface area (Å²) in [5.41, 5.74) is 0.